The van der Waals surface area contributed by atoms with Crippen molar-refractivity contribution in [1.82, 2.24) is 15.6 Å². The van der Waals surface area contributed by atoms with Crippen LogP contribution in [0.4, 0.5) is 0 Å². The molecule has 0 aliphatic heterocycles. The number of hydrogen-bond acceptors (Lipinski definition) is 5. The highest BCUT2D eigenvalue weighted by molar-refractivity contribution is 7.13. The Balaban J connectivity index is 1.63. The lowest BCUT2D eigenvalue weighted by Crippen LogP contribution is -2.44. The molecule has 0 amide bonds. The van der Waals surface area contributed by atoms with Crippen molar-refractivity contribution >= 4 is 28.6 Å². The molecule has 0 radical (unpaired) electrons. The second-order valence-electron chi connectivity index (χ2n) is 6.34. The number of rotatable bonds is 7. The standard InChI is InChI=1S/C20H24N4OS2/c1-3-21-19(23-14-20(2,25)16-9-10-26-12-16)22-11-17-13-27-18(24-17)15-7-5-4-6-8-15/h4-10,12-13,25H,3,11,14H2,1-2H3,(H2,21,22,23). The summed E-state index contributed by atoms with van der Waals surface area (Å²) in [6, 6.07) is 12.1. The van der Waals surface area contributed by atoms with Gasteiger partial charge in [0.15, 0.2) is 5.96 Å². The number of aromatic nitrogens is 1. The number of aliphatic hydroxyl groups is 1. The van der Waals surface area contributed by atoms with Crippen molar-refractivity contribution < 1.29 is 5.11 Å². The number of guanidine groups is 1. The molecule has 2 aromatic heterocycles. The van der Waals surface area contributed by atoms with E-state index in [1.54, 1.807) is 29.6 Å². The molecule has 5 nitrogen and oxygen atoms in total. The Bertz CT molecular complexity index is 857. The molecule has 0 aliphatic carbocycles. The number of nitrogens with zero attached hydrogens (tertiary/aromatic N) is 2. The predicted octanol–water partition coefficient (Wildman–Crippen LogP) is 3.83. The van der Waals surface area contributed by atoms with E-state index in [4.69, 9.17) is 0 Å². The van der Waals surface area contributed by atoms with E-state index in [-0.39, 0.29) is 0 Å². The lowest BCUT2D eigenvalue weighted by Gasteiger charge is -2.24. The first kappa shape index (κ1) is 19.5. The molecule has 1 atom stereocenters. The van der Waals surface area contributed by atoms with Crippen LogP contribution < -0.4 is 10.6 Å². The maximum absolute atomic E-state index is 10.7. The van der Waals surface area contributed by atoms with Gasteiger partial charge in [-0.2, -0.15) is 11.3 Å². The van der Waals surface area contributed by atoms with Gasteiger partial charge in [-0.25, -0.2) is 9.98 Å². The lowest BCUT2D eigenvalue weighted by atomic mass is 9.99. The molecule has 1 unspecified atom stereocenters. The molecule has 3 rings (SSSR count). The molecule has 7 heteroatoms. The van der Waals surface area contributed by atoms with Gasteiger partial charge in [-0.15, -0.1) is 11.3 Å². The van der Waals surface area contributed by atoms with Crippen molar-refractivity contribution in [2.45, 2.75) is 26.0 Å². The molecular weight excluding hydrogens is 376 g/mol. The number of aliphatic imine (C=N–C) groups is 1. The van der Waals surface area contributed by atoms with E-state index in [0.717, 1.165) is 28.4 Å². The Morgan fingerprint density at radius 3 is 2.70 bits per heavy atom. The smallest absolute Gasteiger partial charge is 0.191 e. The minimum atomic E-state index is -0.947. The highest BCUT2D eigenvalue weighted by Crippen LogP contribution is 2.24. The van der Waals surface area contributed by atoms with Gasteiger partial charge in [-0.1, -0.05) is 30.3 Å². The van der Waals surface area contributed by atoms with Crippen LogP contribution in [0.1, 0.15) is 25.1 Å². The molecule has 0 spiro atoms. The van der Waals surface area contributed by atoms with Crippen molar-refractivity contribution in [3.63, 3.8) is 0 Å². The third-order valence-corrected chi connectivity index (χ3v) is 5.68. The molecule has 0 fully saturated rings. The van der Waals surface area contributed by atoms with Gasteiger partial charge in [0.1, 0.15) is 10.6 Å². The van der Waals surface area contributed by atoms with Crippen LogP contribution in [0.3, 0.4) is 0 Å². The van der Waals surface area contributed by atoms with Crippen LogP contribution in [0.25, 0.3) is 10.6 Å². The number of thiazole rings is 1. The van der Waals surface area contributed by atoms with E-state index in [2.05, 4.69) is 32.7 Å². The normalized spacial score (nSPS) is 14.0. The second-order valence-corrected chi connectivity index (χ2v) is 7.98. The maximum atomic E-state index is 10.7. The molecule has 2 heterocycles. The summed E-state index contributed by atoms with van der Waals surface area (Å²) in [5.74, 6) is 0.669. The molecule has 0 saturated carbocycles. The lowest BCUT2D eigenvalue weighted by molar-refractivity contribution is 0.0621. The second kappa shape index (κ2) is 9.12. The van der Waals surface area contributed by atoms with E-state index < -0.39 is 5.60 Å². The van der Waals surface area contributed by atoms with Gasteiger partial charge in [0.25, 0.3) is 0 Å². The van der Waals surface area contributed by atoms with Crippen LogP contribution in [-0.4, -0.2) is 29.1 Å². The number of thiophene rings is 1. The van der Waals surface area contributed by atoms with Crippen molar-refractivity contribution in [1.29, 1.82) is 0 Å². The fourth-order valence-corrected chi connectivity index (χ4v) is 4.12. The minimum absolute atomic E-state index is 0.377. The quantitative estimate of drug-likeness (QED) is 0.416. The average molecular weight is 401 g/mol. The summed E-state index contributed by atoms with van der Waals surface area (Å²) in [4.78, 5) is 9.28. The zero-order valence-electron chi connectivity index (χ0n) is 15.5. The van der Waals surface area contributed by atoms with Crippen LogP contribution >= 0.6 is 22.7 Å². The van der Waals surface area contributed by atoms with Crippen molar-refractivity contribution in [3.05, 3.63) is 63.8 Å². The Morgan fingerprint density at radius 1 is 1.19 bits per heavy atom. The van der Waals surface area contributed by atoms with Gasteiger partial charge in [0.05, 0.1) is 18.8 Å². The molecular formula is C20H24N4OS2. The molecule has 0 bridgehead atoms. The van der Waals surface area contributed by atoms with Crippen LogP contribution in [0.15, 0.2) is 57.5 Å². The summed E-state index contributed by atoms with van der Waals surface area (Å²) in [5, 5.41) is 24.1. The number of nitrogens with one attached hydrogen (secondary N) is 2. The molecule has 3 aromatic rings. The van der Waals surface area contributed by atoms with Crippen LogP contribution in [-0.2, 0) is 12.1 Å². The summed E-state index contributed by atoms with van der Waals surface area (Å²) >= 11 is 3.20. The Labute approximate surface area is 167 Å². The monoisotopic (exact) mass is 400 g/mol. The van der Waals surface area contributed by atoms with Crippen molar-refractivity contribution in [2.75, 3.05) is 13.1 Å². The zero-order chi connectivity index (χ0) is 19.1. The molecule has 142 valence electrons. The third kappa shape index (κ3) is 5.38. The van der Waals surface area contributed by atoms with Crippen LogP contribution in [0, 0.1) is 0 Å². The van der Waals surface area contributed by atoms with Crippen molar-refractivity contribution in [2.24, 2.45) is 4.99 Å². The maximum Gasteiger partial charge on any atom is 0.191 e. The fraction of sp³-hybridized carbons (Fsp3) is 0.300. The number of benzene rings is 1. The van der Waals surface area contributed by atoms with E-state index in [9.17, 15) is 5.11 Å². The van der Waals surface area contributed by atoms with Gasteiger partial charge in [-0.3, -0.25) is 0 Å². The average Bonchev–Trinajstić information content (AvgIpc) is 3.37. The van der Waals surface area contributed by atoms with Gasteiger partial charge in [0.2, 0.25) is 0 Å². The summed E-state index contributed by atoms with van der Waals surface area (Å²) in [7, 11) is 0. The highest BCUT2D eigenvalue weighted by Gasteiger charge is 2.23. The first-order valence-corrected chi connectivity index (χ1v) is 10.7. The van der Waals surface area contributed by atoms with Gasteiger partial charge in [0, 0.05) is 17.5 Å². The summed E-state index contributed by atoms with van der Waals surface area (Å²) in [6.45, 7) is 5.43. The molecule has 0 saturated heterocycles. The third-order valence-electron chi connectivity index (χ3n) is 4.06. The zero-order valence-corrected chi connectivity index (χ0v) is 17.1. The first-order chi connectivity index (χ1) is 13.1. The fourth-order valence-electron chi connectivity index (χ4n) is 2.52. The van der Waals surface area contributed by atoms with E-state index in [1.807, 2.05) is 47.3 Å². The number of hydrogen-bond donors (Lipinski definition) is 3. The van der Waals surface area contributed by atoms with E-state index >= 15 is 0 Å². The van der Waals surface area contributed by atoms with Crippen LogP contribution in [0.2, 0.25) is 0 Å². The van der Waals surface area contributed by atoms with Gasteiger partial charge < -0.3 is 15.7 Å². The SMILES string of the molecule is CCNC(=NCc1csc(-c2ccccc2)n1)NCC(C)(O)c1ccsc1. The molecule has 27 heavy (non-hydrogen) atoms. The summed E-state index contributed by atoms with van der Waals surface area (Å²) < 4.78 is 0. The Morgan fingerprint density at radius 2 is 2.00 bits per heavy atom. The van der Waals surface area contributed by atoms with Crippen LogP contribution in [0.5, 0.6) is 0 Å². The largest absolute Gasteiger partial charge is 0.384 e. The molecule has 0 aliphatic rings. The van der Waals surface area contributed by atoms with Gasteiger partial charge >= 0.3 is 0 Å². The Kier molecular flexibility index (Phi) is 6.60. The van der Waals surface area contributed by atoms with Gasteiger partial charge in [-0.05, 0) is 36.2 Å². The van der Waals surface area contributed by atoms with E-state index in [0.29, 0.717) is 19.0 Å². The highest BCUT2D eigenvalue weighted by atomic mass is 32.1. The summed E-state index contributed by atoms with van der Waals surface area (Å²) in [5.41, 5.74) is 2.01. The van der Waals surface area contributed by atoms with E-state index in [1.165, 1.54) is 0 Å². The molecule has 1 aromatic carbocycles. The topological polar surface area (TPSA) is 69.5 Å². The molecule has 3 N–H and O–H groups in total. The first-order valence-electron chi connectivity index (χ1n) is 8.85. The van der Waals surface area contributed by atoms with Crippen molar-refractivity contribution in [3.8, 4) is 10.6 Å². The predicted molar refractivity (Wildman–Crippen MR) is 114 cm³/mol. The Hall–Kier alpha value is -2.22. The summed E-state index contributed by atoms with van der Waals surface area (Å²) in [6.07, 6.45) is 0. The minimum Gasteiger partial charge on any atom is -0.384 e.